The molecule has 1 aliphatic carbocycles. The highest BCUT2D eigenvalue weighted by atomic mass is 32.1. The highest BCUT2D eigenvalue weighted by molar-refractivity contribution is 7.03. The topological polar surface area (TPSA) is 88.1 Å². The van der Waals surface area contributed by atoms with Gasteiger partial charge in [-0.1, -0.05) is 17.5 Å². The van der Waals surface area contributed by atoms with Gasteiger partial charge in [-0.3, -0.25) is 14.6 Å². The maximum Gasteiger partial charge on any atom is 0.276 e. The summed E-state index contributed by atoms with van der Waals surface area (Å²) in [5.41, 5.74) is 0.454. The zero-order valence-corrected chi connectivity index (χ0v) is 16.0. The third kappa shape index (κ3) is 4.07. The average Bonchev–Trinajstić information content (AvgIpc) is 3.31. The molecular weight excluding hydrogens is 350 g/mol. The Bertz CT molecular complexity index is 759. The largest absolute Gasteiger partial charge is 0.349 e. The molecule has 1 fully saturated rings. The van der Waals surface area contributed by atoms with E-state index < -0.39 is 6.04 Å². The van der Waals surface area contributed by atoms with Crippen molar-refractivity contribution in [2.24, 2.45) is 0 Å². The van der Waals surface area contributed by atoms with E-state index in [1.807, 2.05) is 26.8 Å². The number of pyridine rings is 1. The number of hydrogen-bond acceptors (Lipinski definition) is 6. The minimum Gasteiger partial charge on any atom is -0.349 e. The summed E-state index contributed by atoms with van der Waals surface area (Å²) in [4.78, 5) is 32.2. The van der Waals surface area contributed by atoms with E-state index >= 15 is 0 Å². The van der Waals surface area contributed by atoms with E-state index in [-0.39, 0.29) is 29.1 Å². The van der Waals surface area contributed by atoms with Gasteiger partial charge in [0.1, 0.15) is 0 Å². The maximum absolute atomic E-state index is 13.2. The summed E-state index contributed by atoms with van der Waals surface area (Å²) in [7, 11) is 0. The lowest BCUT2D eigenvalue weighted by Crippen LogP contribution is -2.51. The van der Waals surface area contributed by atoms with Gasteiger partial charge in [0.2, 0.25) is 5.91 Å². The van der Waals surface area contributed by atoms with Crippen LogP contribution in [0.4, 0.5) is 0 Å². The molecule has 2 amide bonds. The Hall–Kier alpha value is -2.35. The molecule has 7 nitrogen and oxygen atoms in total. The third-order valence-corrected chi connectivity index (χ3v) is 5.10. The first kappa shape index (κ1) is 18.4. The molecule has 138 valence electrons. The Morgan fingerprint density at radius 3 is 2.69 bits per heavy atom. The van der Waals surface area contributed by atoms with Crippen molar-refractivity contribution in [2.75, 3.05) is 0 Å². The molecule has 2 aromatic rings. The molecule has 1 N–H and O–H groups in total. The summed E-state index contributed by atoms with van der Waals surface area (Å²) >= 11 is 1.12. The second kappa shape index (κ2) is 7.49. The zero-order chi connectivity index (χ0) is 18.7. The highest BCUT2D eigenvalue weighted by Crippen LogP contribution is 2.35. The SMILES string of the molecule is CCC(C)(C)NC(=O)C(c1ccccn1)N(C(=O)c1csnn1)C1CC1. The van der Waals surface area contributed by atoms with Gasteiger partial charge in [0, 0.05) is 23.2 Å². The average molecular weight is 373 g/mol. The van der Waals surface area contributed by atoms with Crippen molar-refractivity contribution in [2.45, 2.75) is 57.7 Å². The van der Waals surface area contributed by atoms with Gasteiger partial charge < -0.3 is 10.2 Å². The molecule has 1 unspecified atom stereocenters. The molecule has 0 radical (unpaired) electrons. The smallest absolute Gasteiger partial charge is 0.276 e. The van der Waals surface area contributed by atoms with Crippen molar-refractivity contribution in [3.8, 4) is 0 Å². The fraction of sp³-hybridized carbons (Fsp3) is 0.500. The van der Waals surface area contributed by atoms with E-state index in [1.54, 1.807) is 28.6 Å². The molecule has 3 rings (SSSR count). The van der Waals surface area contributed by atoms with Crippen LogP contribution in [0.2, 0.25) is 0 Å². The molecule has 0 saturated heterocycles. The van der Waals surface area contributed by atoms with E-state index in [2.05, 4.69) is 19.9 Å². The van der Waals surface area contributed by atoms with E-state index in [4.69, 9.17) is 0 Å². The minimum atomic E-state index is -0.788. The van der Waals surface area contributed by atoms with E-state index in [1.165, 1.54) is 0 Å². The van der Waals surface area contributed by atoms with E-state index in [0.717, 1.165) is 30.8 Å². The van der Waals surface area contributed by atoms with Crippen LogP contribution in [0.3, 0.4) is 0 Å². The summed E-state index contributed by atoms with van der Waals surface area (Å²) < 4.78 is 3.78. The molecule has 26 heavy (non-hydrogen) atoms. The third-order valence-electron chi connectivity index (χ3n) is 4.59. The first-order valence-electron chi connectivity index (χ1n) is 8.75. The Morgan fingerprint density at radius 2 is 2.15 bits per heavy atom. The van der Waals surface area contributed by atoms with Crippen LogP contribution in [0.1, 0.15) is 62.3 Å². The lowest BCUT2D eigenvalue weighted by atomic mass is 10.00. The number of amides is 2. The molecule has 0 aliphatic heterocycles. The second-order valence-corrected chi connectivity index (χ2v) is 7.73. The summed E-state index contributed by atoms with van der Waals surface area (Å²) in [6.45, 7) is 5.95. The van der Waals surface area contributed by atoms with Crippen molar-refractivity contribution in [1.29, 1.82) is 0 Å². The molecule has 0 bridgehead atoms. The van der Waals surface area contributed by atoms with Crippen LogP contribution >= 0.6 is 11.5 Å². The minimum absolute atomic E-state index is 0.0201. The predicted molar refractivity (Wildman–Crippen MR) is 98.6 cm³/mol. The normalized spacial score (nSPS) is 15.3. The summed E-state index contributed by atoms with van der Waals surface area (Å²) in [5.74, 6) is -0.500. The molecule has 2 heterocycles. The fourth-order valence-corrected chi connectivity index (χ4v) is 3.10. The molecule has 1 atom stereocenters. The summed E-state index contributed by atoms with van der Waals surface area (Å²) in [6, 6.07) is 4.64. The van der Waals surface area contributed by atoms with Crippen LogP contribution in [0.5, 0.6) is 0 Å². The maximum atomic E-state index is 13.2. The van der Waals surface area contributed by atoms with E-state index in [0.29, 0.717) is 5.69 Å². The number of rotatable bonds is 7. The summed E-state index contributed by atoms with van der Waals surface area (Å²) in [5, 5.41) is 8.57. The Balaban J connectivity index is 1.98. The molecule has 1 saturated carbocycles. The quantitative estimate of drug-likeness (QED) is 0.806. The molecule has 8 heteroatoms. The summed E-state index contributed by atoms with van der Waals surface area (Å²) in [6.07, 6.45) is 4.16. The second-order valence-electron chi connectivity index (χ2n) is 7.12. The van der Waals surface area contributed by atoms with Gasteiger partial charge in [-0.25, -0.2) is 0 Å². The van der Waals surface area contributed by atoms with Gasteiger partial charge in [0.05, 0.1) is 5.69 Å². The van der Waals surface area contributed by atoms with Crippen molar-refractivity contribution >= 4 is 23.3 Å². The predicted octanol–water partition coefficient (Wildman–Crippen LogP) is 2.58. The van der Waals surface area contributed by atoms with Crippen molar-refractivity contribution in [3.05, 3.63) is 41.2 Å². The number of hydrogen-bond donors (Lipinski definition) is 1. The lowest BCUT2D eigenvalue weighted by Gasteiger charge is -2.33. The van der Waals surface area contributed by atoms with Crippen LogP contribution in [0, 0.1) is 0 Å². The Labute approximate surface area is 157 Å². The number of carbonyl (C=O) groups is 2. The van der Waals surface area contributed by atoms with Crippen LogP contribution in [0.25, 0.3) is 0 Å². The van der Waals surface area contributed by atoms with Crippen LogP contribution in [0.15, 0.2) is 29.8 Å². The molecule has 0 spiro atoms. The fourth-order valence-electron chi connectivity index (χ4n) is 2.67. The standard InChI is InChI=1S/C18H23N5O2S/c1-4-18(2,3)20-16(24)15(13-7-5-6-10-19-13)23(12-8-9-12)17(25)14-11-26-22-21-14/h5-7,10-12,15H,4,8-9H2,1-3H3,(H,20,24). The van der Waals surface area contributed by atoms with Gasteiger partial charge in [-0.2, -0.15) is 0 Å². The Kier molecular flexibility index (Phi) is 5.31. The number of nitrogens with one attached hydrogen (secondary N) is 1. The van der Waals surface area contributed by atoms with Crippen LogP contribution in [-0.4, -0.2) is 42.9 Å². The highest BCUT2D eigenvalue weighted by Gasteiger charge is 2.43. The van der Waals surface area contributed by atoms with Gasteiger partial charge in [-0.05, 0) is 56.8 Å². The Morgan fingerprint density at radius 1 is 1.38 bits per heavy atom. The van der Waals surface area contributed by atoms with Gasteiger partial charge in [-0.15, -0.1) is 5.10 Å². The van der Waals surface area contributed by atoms with Gasteiger partial charge >= 0.3 is 0 Å². The molecule has 2 aromatic heterocycles. The number of nitrogens with zero attached hydrogens (tertiary/aromatic N) is 4. The van der Waals surface area contributed by atoms with Crippen molar-refractivity contribution < 1.29 is 9.59 Å². The van der Waals surface area contributed by atoms with Gasteiger partial charge in [0.25, 0.3) is 5.91 Å². The van der Waals surface area contributed by atoms with Crippen LogP contribution < -0.4 is 5.32 Å². The van der Waals surface area contributed by atoms with Crippen molar-refractivity contribution in [3.63, 3.8) is 0 Å². The lowest BCUT2D eigenvalue weighted by molar-refractivity contribution is -0.128. The first-order valence-corrected chi connectivity index (χ1v) is 9.59. The number of carbonyl (C=O) groups excluding carboxylic acids is 2. The van der Waals surface area contributed by atoms with Crippen LogP contribution in [-0.2, 0) is 4.79 Å². The molecule has 1 aliphatic rings. The monoisotopic (exact) mass is 373 g/mol. The number of aromatic nitrogens is 3. The molecule has 0 aromatic carbocycles. The van der Waals surface area contributed by atoms with Gasteiger partial charge in [0.15, 0.2) is 11.7 Å². The first-order chi connectivity index (χ1) is 12.4. The van der Waals surface area contributed by atoms with Crippen molar-refractivity contribution in [1.82, 2.24) is 24.8 Å². The zero-order valence-electron chi connectivity index (χ0n) is 15.2. The molecular formula is C18H23N5O2S. The van der Waals surface area contributed by atoms with E-state index in [9.17, 15) is 9.59 Å².